The Morgan fingerprint density at radius 1 is 1.06 bits per heavy atom. The molecule has 0 aromatic heterocycles. The third-order valence-corrected chi connectivity index (χ3v) is 2.47. The van der Waals surface area contributed by atoms with Gasteiger partial charge in [-0.05, 0) is 41.5 Å². The van der Waals surface area contributed by atoms with Gasteiger partial charge in [0.05, 0.1) is 0 Å². The number of aromatic hydroxyl groups is 1. The van der Waals surface area contributed by atoms with Gasteiger partial charge in [-0.3, -0.25) is 0 Å². The van der Waals surface area contributed by atoms with Gasteiger partial charge < -0.3 is 14.6 Å². The molecule has 1 radical (unpaired) electrons. The number of hydrogen-bond acceptors (Lipinski definition) is 3. The summed E-state index contributed by atoms with van der Waals surface area (Å²) < 4.78 is 10.5. The summed E-state index contributed by atoms with van der Waals surface area (Å²) in [5.41, 5.74) is 1.78. The highest BCUT2D eigenvalue weighted by Crippen LogP contribution is 2.36. The van der Waals surface area contributed by atoms with Crippen LogP contribution in [0.2, 0.25) is 0 Å². The van der Waals surface area contributed by atoms with Crippen molar-refractivity contribution in [2.24, 2.45) is 0 Å². The minimum Gasteiger partial charge on any atom is -0.508 e. The SMILES string of the molecule is Oc1cc[c]c(-c2ccc3c(c2)OCO3)c1. The van der Waals surface area contributed by atoms with Crippen LogP contribution in [0.25, 0.3) is 11.1 Å². The summed E-state index contributed by atoms with van der Waals surface area (Å²) in [6, 6.07) is 13.7. The third kappa shape index (κ3) is 1.46. The maximum Gasteiger partial charge on any atom is 0.231 e. The number of ether oxygens (including phenoxy) is 2. The van der Waals surface area contributed by atoms with Gasteiger partial charge in [-0.1, -0.05) is 12.1 Å². The van der Waals surface area contributed by atoms with Crippen LogP contribution in [-0.2, 0) is 0 Å². The molecule has 2 aromatic carbocycles. The van der Waals surface area contributed by atoms with Crippen molar-refractivity contribution in [3.8, 4) is 28.4 Å². The molecule has 3 rings (SSSR count). The van der Waals surface area contributed by atoms with E-state index in [0.29, 0.717) is 0 Å². The molecule has 0 fully saturated rings. The van der Waals surface area contributed by atoms with Gasteiger partial charge in [-0.25, -0.2) is 0 Å². The molecule has 2 aromatic rings. The quantitative estimate of drug-likeness (QED) is 0.791. The van der Waals surface area contributed by atoms with Crippen molar-refractivity contribution in [2.75, 3.05) is 6.79 Å². The predicted molar refractivity (Wildman–Crippen MR) is 58.5 cm³/mol. The molecule has 1 aliphatic heterocycles. The van der Waals surface area contributed by atoms with Gasteiger partial charge in [0.25, 0.3) is 0 Å². The van der Waals surface area contributed by atoms with Crippen LogP contribution in [-0.4, -0.2) is 11.9 Å². The lowest BCUT2D eigenvalue weighted by Crippen LogP contribution is -1.92. The minimum atomic E-state index is 0.228. The molecule has 0 saturated heterocycles. The molecule has 79 valence electrons. The van der Waals surface area contributed by atoms with Crippen LogP contribution in [0.1, 0.15) is 0 Å². The highest BCUT2D eigenvalue weighted by Gasteiger charge is 2.13. The number of fused-ring (bicyclic) bond motifs is 1. The number of phenols is 1. The molecular formula is C13H9O3. The van der Waals surface area contributed by atoms with Crippen LogP contribution in [0.5, 0.6) is 17.2 Å². The molecular weight excluding hydrogens is 204 g/mol. The molecule has 0 atom stereocenters. The first kappa shape index (κ1) is 9.09. The monoisotopic (exact) mass is 213 g/mol. The van der Waals surface area contributed by atoms with E-state index < -0.39 is 0 Å². The molecule has 0 unspecified atom stereocenters. The summed E-state index contributed by atoms with van der Waals surface area (Å²) in [5, 5.41) is 9.39. The van der Waals surface area contributed by atoms with Gasteiger partial charge in [0, 0.05) is 0 Å². The number of phenolic OH excluding ortho intramolecular Hbond substituents is 1. The molecule has 1 N–H and O–H groups in total. The zero-order valence-electron chi connectivity index (χ0n) is 8.43. The number of benzene rings is 2. The van der Waals surface area contributed by atoms with Gasteiger partial charge in [-0.2, -0.15) is 0 Å². The Bertz CT molecular complexity index is 534. The van der Waals surface area contributed by atoms with Crippen molar-refractivity contribution in [1.29, 1.82) is 0 Å². The zero-order chi connectivity index (χ0) is 11.0. The molecule has 3 nitrogen and oxygen atoms in total. The second-order valence-electron chi connectivity index (χ2n) is 3.53. The number of rotatable bonds is 1. The Hall–Kier alpha value is -2.16. The second-order valence-corrected chi connectivity index (χ2v) is 3.53. The summed E-state index contributed by atoms with van der Waals surface area (Å²) in [6.45, 7) is 0.266. The van der Waals surface area contributed by atoms with E-state index >= 15 is 0 Å². The standard InChI is InChI=1S/C13H9O3/c14-11-3-1-2-9(6-11)10-4-5-12-13(7-10)16-8-15-12/h1,3-7,14H,8H2. The Morgan fingerprint density at radius 2 is 1.94 bits per heavy atom. The van der Waals surface area contributed by atoms with E-state index in [1.807, 2.05) is 18.2 Å². The van der Waals surface area contributed by atoms with E-state index in [9.17, 15) is 5.11 Å². The van der Waals surface area contributed by atoms with Gasteiger partial charge in [-0.15, -0.1) is 0 Å². The van der Waals surface area contributed by atoms with E-state index in [1.165, 1.54) is 0 Å². The van der Waals surface area contributed by atoms with E-state index in [4.69, 9.17) is 9.47 Å². The van der Waals surface area contributed by atoms with Crippen molar-refractivity contribution in [3.05, 3.63) is 42.5 Å². The predicted octanol–water partition coefficient (Wildman–Crippen LogP) is 2.59. The maximum atomic E-state index is 9.39. The minimum absolute atomic E-state index is 0.228. The summed E-state index contributed by atoms with van der Waals surface area (Å²) in [7, 11) is 0. The fraction of sp³-hybridized carbons (Fsp3) is 0.0769. The lowest BCUT2D eigenvalue weighted by Gasteiger charge is -2.03. The average molecular weight is 213 g/mol. The molecule has 1 aliphatic rings. The Labute approximate surface area is 92.9 Å². The first-order valence-corrected chi connectivity index (χ1v) is 4.94. The van der Waals surface area contributed by atoms with Crippen LogP contribution in [0.15, 0.2) is 36.4 Å². The van der Waals surface area contributed by atoms with E-state index in [0.717, 1.165) is 22.6 Å². The lowest BCUT2D eigenvalue weighted by atomic mass is 10.1. The summed E-state index contributed by atoms with van der Waals surface area (Å²) >= 11 is 0. The van der Waals surface area contributed by atoms with Crippen LogP contribution < -0.4 is 9.47 Å². The summed E-state index contributed by atoms with van der Waals surface area (Å²) in [6.07, 6.45) is 0. The van der Waals surface area contributed by atoms with Crippen molar-refractivity contribution in [2.45, 2.75) is 0 Å². The third-order valence-electron chi connectivity index (χ3n) is 2.47. The molecule has 0 bridgehead atoms. The fourth-order valence-corrected chi connectivity index (χ4v) is 1.69. The first-order chi connectivity index (χ1) is 7.83. The van der Waals surface area contributed by atoms with Gasteiger partial charge in [0.2, 0.25) is 6.79 Å². The number of hydrogen-bond donors (Lipinski definition) is 1. The lowest BCUT2D eigenvalue weighted by molar-refractivity contribution is 0.174. The largest absolute Gasteiger partial charge is 0.508 e. The maximum absolute atomic E-state index is 9.39. The van der Waals surface area contributed by atoms with E-state index in [1.54, 1.807) is 18.2 Å². The topological polar surface area (TPSA) is 38.7 Å². The molecule has 1 heterocycles. The van der Waals surface area contributed by atoms with E-state index in [-0.39, 0.29) is 12.5 Å². The fourth-order valence-electron chi connectivity index (χ4n) is 1.69. The smallest absolute Gasteiger partial charge is 0.231 e. The normalized spacial score (nSPS) is 12.8. The summed E-state index contributed by atoms with van der Waals surface area (Å²) in [4.78, 5) is 0. The molecule has 16 heavy (non-hydrogen) atoms. The average Bonchev–Trinajstić information content (AvgIpc) is 2.75. The van der Waals surface area contributed by atoms with Crippen LogP contribution in [0, 0.1) is 6.07 Å². The molecule has 0 amide bonds. The van der Waals surface area contributed by atoms with Crippen LogP contribution in [0.3, 0.4) is 0 Å². The second kappa shape index (κ2) is 3.45. The Balaban J connectivity index is 2.07. The molecule has 0 spiro atoms. The highest BCUT2D eigenvalue weighted by molar-refractivity contribution is 5.68. The van der Waals surface area contributed by atoms with Gasteiger partial charge >= 0.3 is 0 Å². The Kier molecular flexibility index (Phi) is 1.96. The zero-order valence-corrected chi connectivity index (χ0v) is 8.43. The van der Waals surface area contributed by atoms with Gasteiger partial charge in [0.15, 0.2) is 11.5 Å². The Morgan fingerprint density at radius 3 is 2.81 bits per heavy atom. The molecule has 3 heteroatoms. The molecule has 0 aliphatic carbocycles. The molecule has 0 saturated carbocycles. The van der Waals surface area contributed by atoms with E-state index in [2.05, 4.69) is 6.07 Å². The van der Waals surface area contributed by atoms with Gasteiger partial charge in [0.1, 0.15) is 5.75 Å². The van der Waals surface area contributed by atoms with Crippen molar-refractivity contribution in [3.63, 3.8) is 0 Å². The van der Waals surface area contributed by atoms with Crippen LogP contribution >= 0.6 is 0 Å². The van der Waals surface area contributed by atoms with Crippen LogP contribution in [0.4, 0.5) is 0 Å². The summed E-state index contributed by atoms with van der Waals surface area (Å²) in [5.74, 6) is 1.71. The highest BCUT2D eigenvalue weighted by atomic mass is 16.7. The van der Waals surface area contributed by atoms with Crippen molar-refractivity contribution in [1.82, 2.24) is 0 Å². The van der Waals surface area contributed by atoms with Crippen molar-refractivity contribution >= 4 is 0 Å². The van der Waals surface area contributed by atoms with Crippen molar-refractivity contribution < 1.29 is 14.6 Å². The first-order valence-electron chi connectivity index (χ1n) is 4.94.